The molecule has 0 aliphatic heterocycles. The van der Waals surface area contributed by atoms with E-state index in [-0.39, 0.29) is 0 Å². The molecule has 2 saturated carbocycles. The van der Waals surface area contributed by atoms with Crippen LogP contribution in [0.3, 0.4) is 0 Å². The highest BCUT2D eigenvalue weighted by Gasteiger charge is 2.67. The molecule has 2 fully saturated rings. The van der Waals surface area contributed by atoms with Gasteiger partial charge in [0.15, 0.2) is 0 Å². The second-order valence-electron chi connectivity index (χ2n) is 5.00. The van der Waals surface area contributed by atoms with E-state index in [9.17, 15) is 0 Å². The van der Waals surface area contributed by atoms with E-state index in [4.69, 9.17) is 0 Å². The van der Waals surface area contributed by atoms with Crippen LogP contribution in [0.4, 0.5) is 0 Å². The van der Waals surface area contributed by atoms with Crippen LogP contribution in [0.1, 0.15) is 40.5 Å². The van der Waals surface area contributed by atoms with E-state index in [1.54, 1.807) is 0 Å². The van der Waals surface area contributed by atoms with Gasteiger partial charge >= 0.3 is 0 Å². The zero-order valence-electron chi connectivity index (χ0n) is 8.22. The molecule has 0 aromatic rings. The van der Waals surface area contributed by atoms with E-state index >= 15 is 0 Å². The van der Waals surface area contributed by atoms with Gasteiger partial charge in [0.1, 0.15) is 0 Å². The highest BCUT2D eigenvalue weighted by Crippen LogP contribution is 2.73. The smallest absolute Gasteiger partial charge is 0.0235 e. The van der Waals surface area contributed by atoms with Gasteiger partial charge in [0.2, 0.25) is 0 Å². The zero-order valence-corrected chi connectivity index (χ0v) is 8.22. The first-order valence-electron chi connectivity index (χ1n) is 5.12. The standard InChI is InChI=1S/C11H20/c1-5-9-6-7(2)10-8(3)11(9,10)4/h7-10H,5-6H2,1-4H3. The summed E-state index contributed by atoms with van der Waals surface area (Å²) in [4.78, 5) is 0. The van der Waals surface area contributed by atoms with E-state index in [2.05, 4.69) is 27.7 Å². The van der Waals surface area contributed by atoms with Gasteiger partial charge in [-0.3, -0.25) is 0 Å². The second kappa shape index (κ2) is 2.02. The molecule has 0 aromatic heterocycles. The first kappa shape index (κ1) is 7.64. The third-order valence-corrected chi connectivity index (χ3v) is 4.77. The molecule has 0 spiro atoms. The molecule has 0 aromatic carbocycles. The van der Waals surface area contributed by atoms with Crippen LogP contribution in [0.25, 0.3) is 0 Å². The summed E-state index contributed by atoms with van der Waals surface area (Å²) >= 11 is 0. The summed E-state index contributed by atoms with van der Waals surface area (Å²) in [5, 5.41) is 0. The fourth-order valence-electron chi connectivity index (χ4n) is 4.00. The van der Waals surface area contributed by atoms with Crippen molar-refractivity contribution in [1.29, 1.82) is 0 Å². The Balaban J connectivity index is 2.18. The molecule has 0 saturated heterocycles. The highest BCUT2D eigenvalue weighted by atomic mass is 14.7. The Hall–Kier alpha value is 0. The summed E-state index contributed by atoms with van der Waals surface area (Å²) in [5.41, 5.74) is 0.758. The Bertz CT molecular complexity index is 169. The van der Waals surface area contributed by atoms with Gasteiger partial charge in [-0.25, -0.2) is 0 Å². The Morgan fingerprint density at radius 3 is 2.27 bits per heavy atom. The maximum absolute atomic E-state index is 2.51. The monoisotopic (exact) mass is 152 g/mol. The Labute approximate surface area is 70.4 Å². The van der Waals surface area contributed by atoms with Crippen LogP contribution < -0.4 is 0 Å². The molecule has 2 aliphatic rings. The van der Waals surface area contributed by atoms with Crippen molar-refractivity contribution in [1.82, 2.24) is 0 Å². The first-order valence-corrected chi connectivity index (χ1v) is 5.12. The lowest BCUT2D eigenvalue weighted by molar-refractivity contribution is 0.306. The van der Waals surface area contributed by atoms with E-state index in [1.807, 2.05) is 0 Å². The summed E-state index contributed by atoms with van der Waals surface area (Å²) < 4.78 is 0. The van der Waals surface area contributed by atoms with Crippen LogP contribution >= 0.6 is 0 Å². The van der Waals surface area contributed by atoms with E-state index < -0.39 is 0 Å². The minimum absolute atomic E-state index is 0.758. The molecular weight excluding hydrogens is 132 g/mol. The van der Waals surface area contributed by atoms with Crippen LogP contribution in [-0.4, -0.2) is 0 Å². The molecule has 2 rings (SSSR count). The molecule has 0 heterocycles. The van der Waals surface area contributed by atoms with Crippen molar-refractivity contribution in [2.75, 3.05) is 0 Å². The third-order valence-electron chi connectivity index (χ3n) is 4.77. The van der Waals surface area contributed by atoms with Crippen molar-refractivity contribution in [3.8, 4) is 0 Å². The molecular formula is C11H20. The Morgan fingerprint density at radius 1 is 1.36 bits per heavy atom. The van der Waals surface area contributed by atoms with Gasteiger partial charge in [-0.1, -0.05) is 34.1 Å². The maximum Gasteiger partial charge on any atom is -0.0235 e. The van der Waals surface area contributed by atoms with Crippen LogP contribution in [0.15, 0.2) is 0 Å². The lowest BCUT2D eigenvalue weighted by atomic mass is 9.86. The molecule has 0 nitrogen and oxygen atoms in total. The summed E-state index contributed by atoms with van der Waals surface area (Å²) in [6, 6.07) is 0. The Kier molecular flexibility index (Phi) is 1.41. The fraction of sp³-hybridized carbons (Fsp3) is 1.00. The Morgan fingerprint density at radius 2 is 2.00 bits per heavy atom. The molecule has 0 radical (unpaired) electrons. The number of rotatable bonds is 1. The van der Waals surface area contributed by atoms with Crippen LogP contribution in [-0.2, 0) is 0 Å². The SMILES string of the molecule is CCC1CC(C)C2C(C)C12C. The molecule has 5 unspecified atom stereocenters. The molecule has 2 aliphatic carbocycles. The van der Waals surface area contributed by atoms with Crippen LogP contribution in [0.2, 0.25) is 0 Å². The van der Waals surface area contributed by atoms with E-state index in [0.717, 1.165) is 29.1 Å². The molecule has 64 valence electrons. The van der Waals surface area contributed by atoms with Crippen molar-refractivity contribution >= 4 is 0 Å². The molecule has 5 atom stereocenters. The van der Waals surface area contributed by atoms with Gasteiger partial charge in [-0.05, 0) is 35.5 Å². The predicted octanol–water partition coefficient (Wildman–Crippen LogP) is 3.32. The summed E-state index contributed by atoms with van der Waals surface area (Å²) in [5.74, 6) is 4.15. The van der Waals surface area contributed by atoms with E-state index in [0.29, 0.717) is 0 Å². The normalized spacial score (nSPS) is 61.1. The quantitative estimate of drug-likeness (QED) is 0.540. The molecule has 0 bridgehead atoms. The van der Waals surface area contributed by atoms with Gasteiger partial charge in [-0.2, -0.15) is 0 Å². The van der Waals surface area contributed by atoms with Crippen molar-refractivity contribution in [3.05, 3.63) is 0 Å². The van der Waals surface area contributed by atoms with Crippen LogP contribution in [0.5, 0.6) is 0 Å². The summed E-state index contributed by atoms with van der Waals surface area (Å²) in [6.07, 6.45) is 2.91. The lowest BCUT2D eigenvalue weighted by Gasteiger charge is -2.19. The lowest BCUT2D eigenvalue weighted by Crippen LogP contribution is -2.10. The topological polar surface area (TPSA) is 0 Å². The van der Waals surface area contributed by atoms with Crippen molar-refractivity contribution in [3.63, 3.8) is 0 Å². The number of hydrogen-bond acceptors (Lipinski definition) is 0. The second-order valence-corrected chi connectivity index (χ2v) is 5.00. The highest BCUT2D eigenvalue weighted by molar-refractivity contribution is 5.15. The van der Waals surface area contributed by atoms with Gasteiger partial charge in [-0.15, -0.1) is 0 Å². The fourth-order valence-corrected chi connectivity index (χ4v) is 4.00. The number of hydrogen-bond donors (Lipinski definition) is 0. The maximum atomic E-state index is 2.51. The minimum atomic E-state index is 0.758. The van der Waals surface area contributed by atoms with Gasteiger partial charge in [0.05, 0.1) is 0 Å². The molecule has 0 N–H and O–H groups in total. The van der Waals surface area contributed by atoms with Crippen molar-refractivity contribution in [2.24, 2.45) is 29.1 Å². The van der Waals surface area contributed by atoms with Crippen LogP contribution in [0, 0.1) is 29.1 Å². The average molecular weight is 152 g/mol. The zero-order chi connectivity index (χ0) is 8.22. The first-order chi connectivity index (χ1) is 5.12. The molecule has 0 heteroatoms. The largest absolute Gasteiger partial charge is 0.0651 e. The van der Waals surface area contributed by atoms with Crippen molar-refractivity contribution < 1.29 is 0 Å². The van der Waals surface area contributed by atoms with E-state index in [1.165, 1.54) is 12.8 Å². The summed E-state index contributed by atoms with van der Waals surface area (Å²) in [6.45, 7) is 9.76. The third kappa shape index (κ3) is 0.711. The summed E-state index contributed by atoms with van der Waals surface area (Å²) in [7, 11) is 0. The predicted molar refractivity (Wildman–Crippen MR) is 48.3 cm³/mol. The minimum Gasteiger partial charge on any atom is -0.0651 e. The van der Waals surface area contributed by atoms with Gasteiger partial charge < -0.3 is 0 Å². The number of fused-ring (bicyclic) bond motifs is 1. The average Bonchev–Trinajstić information content (AvgIpc) is 2.36. The van der Waals surface area contributed by atoms with Crippen molar-refractivity contribution in [2.45, 2.75) is 40.5 Å². The van der Waals surface area contributed by atoms with Gasteiger partial charge in [0, 0.05) is 0 Å². The molecule has 0 amide bonds. The van der Waals surface area contributed by atoms with Gasteiger partial charge in [0.25, 0.3) is 0 Å². The molecule has 11 heavy (non-hydrogen) atoms.